The molecule has 0 fully saturated rings. The molecule has 0 amide bonds. The number of nitrogens with zero attached hydrogens (tertiary/aromatic N) is 1. The molecule has 0 aliphatic carbocycles. The monoisotopic (exact) mass is 294 g/mol. The van der Waals surface area contributed by atoms with Gasteiger partial charge in [0.25, 0.3) is 0 Å². The second-order valence-corrected chi connectivity index (χ2v) is 5.72. The van der Waals surface area contributed by atoms with Gasteiger partial charge in [0.1, 0.15) is 0 Å². The van der Waals surface area contributed by atoms with Gasteiger partial charge in [-0.25, -0.2) is 0 Å². The van der Waals surface area contributed by atoms with E-state index in [-0.39, 0.29) is 0 Å². The summed E-state index contributed by atoms with van der Waals surface area (Å²) in [4.78, 5) is 1.30. The average molecular weight is 294 g/mol. The zero-order chi connectivity index (χ0) is 14.5. The Hall–Kier alpha value is -2.13. The number of hydrogen-bond acceptors (Lipinski definition) is 2. The molecule has 1 aromatic heterocycles. The summed E-state index contributed by atoms with van der Waals surface area (Å²) in [7, 11) is 0. The van der Waals surface area contributed by atoms with Gasteiger partial charge in [-0.05, 0) is 54.3 Å². The minimum atomic E-state index is 0.837. The average Bonchev–Trinajstić information content (AvgIpc) is 3.08. The highest BCUT2D eigenvalue weighted by atomic mass is 32.2. The number of thioether (sulfide) groups is 1. The van der Waals surface area contributed by atoms with Crippen molar-refractivity contribution in [1.82, 2.24) is 4.57 Å². The second-order valence-electron chi connectivity index (χ2n) is 4.84. The first-order valence-electron chi connectivity index (χ1n) is 6.95. The lowest BCUT2D eigenvalue weighted by Crippen LogP contribution is -2.00. The van der Waals surface area contributed by atoms with Crippen LogP contribution in [0.3, 0.4) is 0 Å². The maximum absolute atomic E-state index is 3.48. The van der Waals surface area contributed by atoms with Crippen molar-refractivity contribution >= 4 is 17.4 Å². The Morgan fingerprint density at radius 1 is 0.952 bits per heavy atom. The number of nitrogens with one attached hydrogen (secondary N) is 1. The molecule has 0 aliphatic heterocycles. The summed E-state index contributed by atoms with van der Waals surface area (Å²) in [6.07, 6.45) is 6.21. The Bertz CT molecular complexity index is 688. The van der Waals surface area contributed by atoms with Gasteiger partial charge in [0.05, 0.1) is 0 Å². The maximum Gasteiger partial charge on any atom is 0.0469 e. The van der Waals surface area contributed by atoms with Crippen molar-refractivity contribution in [2.75, 3.05) is 11.6 Å². The van der Waals surface area contributed by atoms with Gasteiger partial charge < -0.3 is 9.88 Å². The number of aromatic nitrogens is 1. The van der Waals surface area contributed by atoms with E-state index in [0.29, 0.717) is 0 Å². The molecule has 0 saturated heterocycles. The predicted octanol–water partition coefficient (Wildman–Crippen LogP) is 4.81. The predicted molar refractivity (Wildman–Crippen MR) is 91.3 cm³/mol. The van der Waals surface area contributed by atoms with Crippen LogP contribution in [0.2, 0.25) is 0 Å². The highest BCUT2D eigenvalue weighted by Crippen LogP contribution is 2.18. The Balaban J connectivity index is 1.68. The maximum atomic E-state index is 3.48. The van der Waals surface area contributed by atoms with Crippen LogP contribution in [-0.2, 0) is 6.54 Å². The third-order valence-corrected chi connectivity index (χ3v) is 4.15. The van der Waals surface area contributed by atoms with E-state index in [0.717, 1.165) is 12.2 Å². The Kier molecular flexibility index (Phi) is 4.31. The van der Waals surface area contributed by atoms with Crippen LogP contribution in [0, 0.1) is 0 Å². The van der Waals surface area contributed by atoms with E-state index < -0.39 is 0 Å². The minimum absolute atomic E-state index is 0.837. The fraction of sp³-hybridized carbons (Fsp3) is 0.111. The highest BCUT2D eigenvalue weighted by molar-refractivity contribution is 7.98. The zero-order valence-corrected chi connectivity index (χ0v) is 12.8. The third kappa shape index (κ3) is 3.50. The molecule has 2 nitrogen and oxygen atoms in total. The fourth-order valence-corrected chi connectivity index (χ4v) is 2.64. The number of hydrogen-bond donors (Lipinski definition) is 1. The van der Waals surface area contributed by atoms with E-state index in [1.165, 1.54) is 16.1 Å². The summed E-state index contributed by atoms with van der Waals surface area (Å²) < 4.78 is 2.11. The van der Waals surface area contributed by atoms with Crippen LogP contribution in [0.5, 0.6) is 0 Å². The first-order chi connectivity index (χ1) is 10.3. The quantitative estimate of drug-likeness (QED) is 0.680. The summed E-state index contributed by atoms with van der Waals surface area (Å²) >= 11 is 1.77. The largest absolute Gasteiger partial charge is 0.381 e. The fourth-order valence-electron chi connectivity index (χ4n) is 2.23. The summed E-state index contributed by atoms with van der Waals surface area (Å²) in [5.74, 6) is 0. The van der Waals surface area contributed by atoms with Gasteiger partial charge in [-0.1, -0.05) is 18.2 Å². The van der Waals surface area contributed by atoms with Gasteiger partial charge >= 0.3 is 0 Å². The lowest BCUT2D eigenvalue weighted by molar-refractivity contribution is 1.07. The van der Waals surface area contributed by atoms with E-state index in [1.54, 1.807) is 11.8 Å². The van der Waals surface area contributed by atoms with Crippen molar-refractivity contribution in [3.8, 4) is 5.69 Å². The Morgan fingerprint density at radius 3 is 2.43 bits per heavy atom. The molecule has 0 radical (unpaired) electrons. The van der Waals surface area contributed by atoms with Crippen molar-refractivity contribution in [3.63, 3.8) is 0 Å². The van der Waals surface area contributed by atoms with Crippen LogP contribution >= 0.6 is 11.8 Å². The SMILES string of the molecule is CSc1ccc(CNc2cccc(-n3cccc3)c2)cc1. The molecule has 0 aliphatic rings. The molecular formula is C18H18N2S. The second kappa shape index (κ2) is 6.55. The first kappa shape index (κ1) is 13.8. The van der Waals surface area contributed by atoms with Crippen LogP contribution in [0.4, 0.5) is 5.69 Å². The number of rotatable bonds is 5. The molecule has 3 aromatic rings. The molecule has 3 rings (SSSR count). The van der Waals surface area contributed by atoms with Gasteiger partial charge in [0.15, 0.2) is 0 Å². The van der Waals surface area contributed by atoms with E-state index in [9.17, 15) is 0 Å². The summed E-state index contributed by atoms with van der Waals surface area (Å²) in [5.41, 5.74) is 3.59. The molecular weight excluding hydrogens is 276 g/mol. The molecule has 0 atom stereocenters. The summed E-state index contributed by atoms with van der Waals surface area (Å²) in [6, 6.07) is 21.2. The third-order valence-electron chi connectivity index (χ3n) is 3.40. The summed E-state index contributed by atoms with van der Waals surface area (Å²) in [5, 5.41) is 3.48. The van der Waals surface area contributed by atoms with Crippen LogP contribution in [0.15, 0.2) is 78.0 Å². The Morgan fingerprint density at radius 2 is 1.71 bits per heavy atom. The van der Waals surface area contributed by atoms with Gasteiger partial charge in [-0.3, -0.25) is 0 Å². The van der Waals surface area contributed by atoms with E-state index in [2.05, 4.69) is 77.1 Å². The Labute approximate surface area is 129 Å². The number of benzene rings is 2. The molecule has 106 valence electrons. The van der Waals surface area contributed by atoms with Gasteiger partial charge in [-0.2, -0.15) is 0 Å². The summed E-state index contributed by atoms with van der Waals surface area (Å²) in [6.45, 7) is 0.837. The molecule has 1 heterocycles. The molecule has 21 heavy (non-hydrogen) atoms. The van der Waals surface area contributed by atoms with E-state index in [4.69, 9.17) is 0 Å². The van der Waals surface area contributed by atoms with E-state index in [1.807, 2.05) is 12.1 Å². The molecule has 0 spiro atoms. The van der Waals surface area contributed by atoms with Crippen molar-refractivity contribution in [2.45, 2.75) is 11.4 Å². The minimum Gasteiger partial charge on any atom is -0.381 e. The van der Waals surface area contributed by atoms with Gasteiger partial charge in [0, 0.05) is 35.2 Å². The molecule has 0 saturated carbocycles. The molecule has 1 N–H and O–H groups in total. The normalized spacial score (nSPS) is 10.5. The molecule has 0 unspecified atom stereocenters. The van der Waals surface area contributed by atoms with Crippen molar-refractivity contribution in [1.29, 1.82) is 0 Å². The molecule has 2 aromatic carbocycles. The van der Waals surface area contributed by atoms with Crippen LogP contribution < -0.4 is 5.32 Å². The van der Waals surface area contributed by atoms with Gasteiger partial charge in [-0.15, -0.1) is 11.8 Å². The van der Waals surface area contributed by atoms with Crippen molar-refractivity contribution < 1.29 is 0 Å². The van der Waals surface area contributed by atoms with Gasteiger partial charge in [0.2, 0.25) is 0 Å². The van der Waals surface area contributed by atoms with Crippen molar-refractivity contribution in [2.24, 2.45) is 0 Å². The van der Waals surface area contributed by atoms with Crippen LogP contribution in [-0.4, -0.2) is 10.8 Å². The zero-order valence-electron chi connectivity index (χ0n) is 12.0. The first-order valence-corrected chi connectivity index (χ1v) is 8.18. The van der Waals surface area contributed by atoms with Crippen LogP contribution in [0.25, 0.3) is 5.69 Å². The molecule has 0 bridgehead atoms. The standard InChI is InChI=1S/C18H18N2S/c1-21-18-9-7-15(8-10-18)14-19-16-5-4-6-17(13-16)20-11-2-3-12-20/h2-13,19H,14H2,1H3. The number of anilines is 1. The highest BCUT2D eigenvalue weighted by Gasteiger charge is 1.98. The van der Waals surface area contributed by atoms with E-state index >= 15 is 0 Å². The van der Waals surface area contributed by atoms with Crippen molar-refractivity contribution in [3.05, 3.63) is 78.6 Å². The lowest BCUT2D eigenvalue weighted by atomic mass is 10.2. The topological polar surface area (TPSA) is 17.0 Å². The molecule has 3 heteroatoms. The lowest BCUT2D eigenvalue weighted by Gasteiger charge is -2.09. The van der Waals surface area contributed by atoms with Crippen LogP contribution in [0.1, 0.15) is 5.56 Å². The smallest absolute Gasteiger partial charge is 0.0469 e.